The molecule has 0 saturated carbocycles. The number of rotatable bonds is 6. The van der Waals surface area contributed by atoms with Crippen LogP contribution in [0.5, 0.6) is 0 Å². The molecule has 1 amide bonds. The number of thiophene rings is 1. The topological polar surface area (TPSA) is 86.7 Å². The van der Waals surface area contributed by atoms with Gasteiger partial charge in [0.25, 0.3) is 11.6 Å². The maximum atomic E-state index is 12.2. The van der Waals surface area contributed by atoms with Crippen LogP contribution in [0.4, 0.5) is 5.69 Å². The normalized spacial score (nSPS) is 12.3. The van der Waals surface area contributed by atoms with Crippen molar-refractivity contribution in [3.05, 3.63) is 61.6 Å². The first-order valence-corrected chi connectivity index (χ1v) is 9.35. The molecule has 2 heterocycles. The van der Waals surface area contributed by atoms with Gasteiger partial charge in [-0.1, -0.05) is 17.4 Å². The Balaban J connectivity index is 2.02. The van der Waals surface area contributed by atoms with Gasteiger partial charge < -0.3 is 9.30 Å². The molecule has 0 spiro atoms. The summed E-state index contributed by atoms with van der Waals surface area (Å²) >= 11 is 2.84. The zero-order chi connectivity index (χ0) is 18.5. The molecule has 0 fully saturated rings. The summed E-state index contributed by atoms with van der Waals surface area (Å²) in [5, 5.41) is 13.0. The number of nitro benzene ring substituents is 1. The number of carbonyl (C=O) groups is 1. The predicted molar refractivity (Wildman–Crippen MR) is 102 cm³/mol. The fraction of sp³-hybridized carbons (Fsp3) is 0.176. The highest BCUT2D eigenvalue weighted by atomic mass is 32.1. The average Bonchev–Trinajstić information content (AvgIpc) is 3.25. The summed E-state index contributed by atoms with van der Waals surface area (Å²) in [5.74, 6) is -0.384. The number of aromatic nitrogens is 1. The van der Waals surface area contributed by atoms with E-state index in [4.69, 9.17) is 4.74 Å². The number of amides is 1. The van der Waals surface area contributed by atoms with Crippen LogP contribution >= 0.6 is 22.7 Å². The van der Waals surface area contributed by atoms with Gasteiger partial charge in [0.1, 0.15) is 0 Å². The molecule has 0 radical (unpaired) electrons. The number of thiazole rings is 1. The molecule has 3 aromatic rings. The lowest BCUT2D eigenvalue weighted by Gasteiger charge is -2.03. The lowest BCUT2D eigenvalue weighted by molar-refractivity contribution is -0.384. The highest BCUT2D eigenvalue weighted by molar-refractivity contribution is 7.16. The smallest absolute Gasteiger partial charge is 0.272 e. The first kappa shape index (κ1) is 18.2. The minimum absolute atomic E-state index is 0.00284. The Morgan fingerprint density at radius 2 is 2.27 bits per heavy atom. The number of carbonyl (C=O) groups excluding carboxylic acids is 1. The molecule has 0 unspecified atom stereocenters. The van der Waals surface area contributed by atoms with Crippen LogP contribution in [0.2, 0.25) is 0 Å². The fourth-order valence-electron chi connectivity index (χ4n) is 2.33. The van der Waals surface area contributed by atoms with Crippen molar-refractivity contribution >= 4 is 50.6 Å². The third-order valence-corrected chi connectivity index (χ3v) is 5.43. The van der Waals surface area contributed by atoms with Crippen LogP contribution in [-0.4, -0.2) is 29.1 Å². The Labute approximate surface area is 156 Å². The number of nitro groups is 1. The van der Waals surface area contributed by atoms with Gasteiger partial charge in [-0.15, -0.1) is 11.3 Å². The molecule has 9 heteroatoms. The SMILES string of the molecule is COCCn1c(=NC(=O)/C=C/c2cccs2)sc2ccc([N+](=O)[O-])cc21. The molecule has 7 nitrogen and oxygen atoms in total. The number of hydrogen-bond acceptors (Lipinski definition) is 6. The van der Waals surface area contributed by atoms with E-state index in [9.17, 15) is 14.9 Å². The Kier molecular flexibility index (Phi) is 5.71. The molecule has 0 aliphatic heterocycles. The maximum absolute atomic E-state index is 12.2. The van der Waals surface area contributed by atoms with E-state index in [0.717, 1.165) is 9.58 Å². The third kappa shape index (κ3) is 4.13. The second-order valence-corrected chi connectivity index (χ2v) is 7.23. The first-order valence-electron chi connectivity index (χ1n) is 7.65. The van der Waals surface area contributed by atoms with E-state index in [0.29, 0.717) is 23.5 Å². The summed E-state index contributed by atoms with van der Waals surface area (Å²) in [6.07, 6.45) is 3.13. The van der Waals surface area contributed by atoms with Crippen LogP contribution in [0.15, 0.2) is 46.8 Å². The Hall–Kier alpha value is -2.62. The number of ether oxygens (including phenoxy) is 1. The average molecular weight is 389 g/mol. The minimum atomic E-state index is -0.441. The monoisotopic (exact) mass is 389 g/mol. The van der Waals surface area contributed by atoms with Gasteiger partial charge in [-0.3, -0.25) is 14.9 Å². The Morgan fingerprint density at radius 3 is 2.96 bits per heavy atom. The van der Waals surface area contributed by atoms with E-state index in [2.05, 4.69) is 4.99 Å². The van der Waals surface area contributed by atoms with Crippen molar-refractivity contribution in [2.75, 3.05) is 13.7 Å². The van der Waals surface area contributed by atoms with Gasteiger partial charge in [-0.25, -0.2) is 0 Å². The fourth-order valence-corrected chi connectivity index (χ4v) is 3.99. The molecule has 3 rings (SSSR count). The number of nitrogens with zero attached hydrogens (tertiary/aromatic N) is 3. The van der Waals surface area contributed by atoms with Crippen molar-refractivity contribution < 1.29 is 14.5 Å². The number of benzene rings is 1. The van der Waals surface area contributed by atoms with Gasteiger partial charge >= 0.3 is 0 Å². The second-order valence-electron chi connectivity index (χ2n) is 5.24. The van der Waals surface area contributed by atoms with Gasteiger partial charge in [-0.05, 0) is 23.6 Å². The van der Waals surface area contributed by atoms with Crippen LogP contribution in [-0.2, 0) is 16.1 Å². The highest BCUT2D eigenvalue weighted by Gasteiger charge is 2.12. The Bertz CT molecular complexity index is 1030. The van der Waals surface area contributed by atoms with E-state index < -0.39 is 4.92 Å². The van der Waals surface area contributed by atoms with E-state index >= 15 is 0 Å². The van der Waals surface area contributed by atoms with Crippen molar-refractivity contribution in [2.24, 2.45) is 4.99 Å². The maximum Gasteiger partial charge on any atom is 0.272 e. The zero-order valence-corrected chi connectivity index (χ0v) is 15.5. The molecule has 26 heavy (non-hydrogen) atoms. The zero-order valence-electron chi connectivity index (χ0n) is 13.8. The summed E-state index contributed by atoms with van der Waals surface area (Å²) in [6, 6.07) is 8.43. The largest absolute Gasteiger partial charge is 0.383 e. The standard InChI is InChI=1S/C17H15N3O4S2/c1-24-9-8-19-14-11-12(20(22)23)4-6-15(14)26-17(19)18-16(21)7-5-13-3-2-10-25-13/h2-7,10-11H,8-9H2,1H3/b7-5+,18-17?. The third-order valence-electron chi connectivity index (χ3n) is 3.53. The molecule has 134 valence electrons. The molecule has 0 saturated heterocycles. The first-order chi connectivity index (χ1) is 12.6. The molecule has 0 atom stereocenters. The highest BCUT2D eigenvalue weighted by Crippen LogP contribution is 2.23. The van der Waals surface area contributed by atoms with E-state index in [1.54, 1.807) is 23.8 Å². The van der Waals surface area contributed by atoms with Crippen LogP contribution in [0.25, 0.3) is 16.3 Å². The van der Waals surface area contributed by atoms with Gasteiger partial charge in [0.2, 0.25) is 0 Å². The van der Waals surface area contributed by atoms with Gasteiger partial charge in [0, 0.05) is 36.7 Å². The lowest BCUT2D eigenvalue weighted by atomic mass is 10.3. The van der Waals surface area contributed by atoms with Crippen LogP contribution in [0.1, 0.15) is 4.88 Å². The minimum Gasteiger partial charge on any atom is -0.383 e. The summed E-state index contributed by atoms with van der Waals surface area (Å²) in [4.78, 5) is 28.4. The van der Waals surface area contributed by atoms with Crippen molar-refractivity contribution in [2.45, 2.75) is 6.54 Å². The van der Waals surface area contributed by atoms with Crippen molar-refractivity contribution in [1.82, 2.24) is 4.57 Å². The Morgan fingerprint density at radius 1 is 1.42 bits per heavy atom. The summed E-state index contributed by atoms with van der Waals surface area (Å²) in [5.41, 5.74) is 0.659. The number of methoxy groups -OCH3 is 1. The molecule has 0 N–H and O–H groups in total. The van der Waals surface area contributed by atoms with E-state index in [1.165, 1.54) is 40.9 Å². The van der Waals surface area contributed by atoms with Crippen LogP contribution < -0.4 is 4.80 Å². The van der Waals surface area contributed by atoms with E-state index in [1.807, 2.05) is 17.5 Å². The quantitative estimate of drug-likeness (QED) is 0.367. The summed E-state index contributed by atoms with van der Waals surface area (Å²) in [7, 11) is 1.57. The second kappa shape index (κ2) is 8.17. The van der Waals surface area contributed by atoms with Gasteiger partial charge in [0.05, 0.1) is 21.7 Å². The van der Waals surface area contributed by atoms with Crippen LogP contribution in [0.3, 0.4) is 0 Å². The number of fused-ring (bicyclic) bond motifs is 1. The predicted octanol–water partition coefficient (Wildman–Crippen LogP) is 3.46. The molecular weight excluding hydrogens is 374 g/mol. The molecular formula is C17H15N3O4S2. The van der Waals surface area contributed by atoms with Crippen molar-refractivity contribution in [3.63, 3.8) is 0 Å². The molecule has 0 aliphatic rings. The molecule has 2 aromatic heterocycles. The van der Waals surface area contributed by atoms with Crippen LogP contribution in [0, 0.1) is 10.1 Å². The van der Waals surface area contributed by atoms with Gasteiger partial charge in [0.15, 0.2) is 4.80 Å². The van der Waals surface area contributed by atoms with Crippen molar-refractivity contribution in [1.29, 1.82) is 0 Å². The summed E-state index contributed by atoms with van der Waals surface area (Å²) in [6.45, 7) is 0.847. The van der Waals surface area contributed by atoms with Gasteiger partial charge in [-0.2, -0.15) is 4.99 Å². The number of hydrogen-bond donors (Lipinski definition) is 0. The van der Waals surface area contributed by atoms with Crippen molar-refractivity contribution in [3.8, 4) is 0 Å². The summed E-state index contributed by atoms with van der Waals surface area (Å²) < 4.78 is 7.70. The van der Waals surface area contributed by atoms with E-state index in [-0.39, 0.29) is 11.6 Å². The lowest BCUT2D eigenvalue weighted by Crippen LogP contribution is -2.19. The number of non-ortho nitro benzene ring substituents is 1. The molecule has 1 aromatic carbocycles. The molecule has 0 aliphatic carbocycles. The molecule has 0 bridgehead atoms.